The lowest BCUT2D eigenvalue weighted by Crippen LogP contribution is -2.22. The molecule has 0 atom stereocenters. The molecule has 11 heteroatoms. The number of rotatable bonds is 5. The molecular formula is C15H14N4O5S2. The zero-order valence-electron chi connectivity index (χ0n) is 13.8. The number of nitro groups is 1. The normalized spacial score (nSPS) is 11.6. The highest BCUT2D eigenvalue weighted by Gasteiger charge is 2.21. The maximum Gasteiger partial charge on any atom is 0.293 e. The summed E-state index contributed by atoms with van der Waals surface area (Å²) in [6, 6.07) is 5.43. The molecule has 0 fully saturated rings. The number of fused-ring (bicyclic) bond motifs is 1. The van der Waals surface area contributed by atoms with Gasteiger partial charge in [0.15, 0.2) is 9.84 Å². The lowest BCUT2D eigenvalue weighted by Gasteiger charge is -2.19. The summed E-state index contributed by atoms with van der Waals surface area (Å²) in [5, 5.41) is 13.1. The molecule has 9 nitrogen and oxygen atoms in total. The van der Waals surface area contributed by atoms with E-state index >= 15 is 0 Å². The largest absolute Gasteiger partial charge is 0.362 e. The summed E-state index contributed by atoms with van der Waals surface area (Å²) in [5.74, 6) is 0.352. The minimum atomic E-state index is -3.57. The average Bonchev–Trinajstić information content (AvgIpc) is 3.02. The molecule has 0 aliphatic heterocycles. The quantitative estimate of drug-likeness (QED) is 0.517. The van der Waals surface area contributed by atoms with Crippen LogP contribution in [0.5, 0.6) is 0 Å². The van der Waals surface area contributed by atoms with Crippen LogP contribution < -0.4 is 10.5 Å². The maximum absolute atomic E-state index is 12.0. The third-order valence-corrected chi connectivity index (χ3v) is 5.75. The van der Waals surface area contributed by atoms with Crippen molar-refractivity contribution in [3.8, 4) is 0 Å². The summed E-state index contributed by atoms with van der Waals surface area (Å²) >= 11 is 1.28. The maximum atomic E-state index is 12.0. The Labute approximate surface area is 152 Å². The van der Waals surface area contributed by atoms with Crippen LogP contribution in [0.2, 0.25) is 0 Å². The number of nitro benzene ring substituents is 1. The molecule has 0 saturated carbocycles. The van der Waals surface area contributed by atoms with Crippen LogP contribution in [-0.2, 0) is 16.4 Å². The summed E-state index contributed by atoms with van der Waals surface area (Å²) in [6.07, 6.45) is 0.986. The monoisotopic (exact) mass is 394 g/mol. The third-order valence-electron chi connectivity index (χ3n) is 3.73. The van der Waals surface area contributed by atoms with Crippen molar-refractivity contribution in [1.29, 1.82) is 0 Å². The molecule has 26 heavy (non-hydrogen) atoms. The fraction of sp³-hybridized carbons (Fsp3) is 0.200. The number of anilines is 1. The molecule has 1 aromatic carbocycles. The van der Waals surface area contributed by atoms with E-state index in [1.807, 2.05) is 0 Å². The van der Waals surface area contributed by atoms with Gasteiger partial charge in [-0.1, -0.05) is 0 Å². The molecule has 0 unspecified atom stereocenters. The first kappa shape index (κ1) is 18.0. The summed E-state index contributed by atoms with van der Waals surface area (Å²) in [4.78, 5) is 31.1. The molecule has 0 aliphatic rings. The van der Waals surface area contributed by atoms with Gasteiger partial charge in [-0.3, -0.25) is 14.9 Å². The molecule has 2 heterocycles. The van der Waals surface area contributed by atoms with Gasteiger partial charge in [-0.25, -0.2) is 13.4 Å². The Kier molecular flexibility index (Phi) is 4.50. The van der Waals surface area contributed by atoms with Crippen molar-refractivity contribution in [3.63, 3.8) is 0 Å². The molecule has 1 N–H and O–H groups in total. The molecular weight excluding hydrogens is 380 g/mol. The Hall–Kier alpha value is -2.79. The number of aromatic amines is 1. The van der Waals surface area contributed by atoms with Crippen molar-refractivity contribution in [1.82, 2.24) is 9.97 Å². The van der Waals surface area contributed by atoms with Crippen molar-refractivity contribution in [2.75, 3.05) is 18.2 Å². The Morgan fingerprint density at radius 2 is 2.08 bits per heavy atom. The molecule has 0 saturated heterocycles. The minimum Gasteiger partial charge on any atom is -0.362 e. The molecule has 0 spiro atoms. The first-order valence-corrected chi connectivity index (χ1v) is 10.1. The molecule has 3 aromatic rings. The highest BCUT2D eigenvalue weighted by molar-refractivity contribution is 7.90. The van der Waals surface area contributed by atoms with Gasteiger partial charge in [0.1, 0.15) is 16.2 Å². The van der Waals surface area contributed by atoms with E-state index in [0.717, 1.165) is 12.3 Å². The zero-order valence-corrected chi connectivity index (χ0v) is 15.4. The highest BCUT2D eigenvalue weighted by atomic mass is 32.2. The van der Waals surface area contributed by atoms with Crippen molar-refractivity contribution >= 4 is 42.8 Å². The fourth-order valence-electron chi connectivity index (χ4n) is 2.51. The number of aromatic nitrogens is 2. The number of nitrogens with one attached hydrogen (secondary N) is 1. The van der Waals surface area contributed by atoms with Crippen LogP contribution in [0.1, 0.15) is 5.82 Å². The van der Waals surface area contributed by atoms with E-state index < -0.39 is 14.8 Å². The van der Waals surface area contributed by atoms with E-state index in [1.165, 1.54) is 28.4 Å². The molecule has 3 rings (SSSR count). The van der Waals surface area contributed by atoms with E-state index in [1.54, 1.807) is 18.5 Å². The van der Waals surface area contributed by atoms with Crippen molar-refractivity contribution in [2.45, 2.75) is 11.4 Å². The second-order valence-corrected chi connectivity index (χ2v) is 8.62. The molecule has 0 radical (unpaired) electrons. The number of nitrogens with zero attached hydrogens (tertiary/aromatic N) is 3. The lowest BCUT2D eigenvalue weighted by atomic mass is 10.2. The number of H-pyrrole nitrogens is 1. The van der Waals surface area contributed by atoms with Crippen LogP contribution in [0.25, 0.3) is 10.2 Å². The van der Waals surface area contributed by atoms with Gasteiger partial charge in [0, 0.05) is 19.4 Å². The first-order chi connectivity index (χ1) is 12.2. The van der Waals surface area contributed by atoms with Crippen LogP contribution >= 0.6 is 11.3 Å². The standard InChI is InChI=1S/C15H14N4O5S2/c1-18(8-13-16-10-5-6-25-14(10)15(20)17-13)11-4-3-9(26(2,23)24)7-12(11)19(21)22/h3-7H,8H2,1-2H3,(H,16,17,20). The topological polar surface area (TPSA) is 126 Å². The Morgan fingerprint density at radius 3 is 2.73 bits per heavy atom. The predicted molar refractivity (Wildman–Crippen MR) is 98.6 cm³/mol. The van der Waals surface area contributed by atoms with Crippen molar-refractivity contribution in [2.24, 2.45) is 0 Å². The van der Waals surface area contributed by atoms with Crippen LogP contribution in [0.4, 0.5) is 11.4 Å². The van der Waals surface area contributed by atoms with Crippen molar-refractivity contribution in [3.05, 3.63) is 55.9 Å². The molecule has 136 valence electrons. The number of sulfone groups is 1. The SMILES string of the molecule is CN(Cc1nc2ccsc2c(=O)[nH]1)c1ccc(S(C)(=O)=O)cc1[N+](=O)[O-]. The van der Waals surface area contributed by atoms with Crippen LogP contribution in [0.15, 0.2) is 39.3 Å². The molecule has 0 amide bonds. The summed E-state index contributed by atoms with van der Waals surface area (Å²) in [5.41, 5.74) is 0.171. The van der Waals surface area contributed by atoms with E-state index in [0.29, 0.717) is 16.0 Å². The van der Waals surface area contributed by atoms with Gasteiger partial charge in [-0.2, -0.15) is 0 Å². The van der Waals surface area contributed by atoms with E-state index in [4.69, 9.17) is 0 Å². The van der Waals surface area contributed by atoms with Gasteiger partial charge in [0.05, 0.1) is 21.9 Å². The van der Waals surface area contributed by atoms with Gasteiger partial charge < -0.3 is 9.88 Å². The Bertz CT molecular complexity index is 1170. The van der Waals surface area contributed by atoms with Gasteiger partial charge in [0.2, 0.25) is 0 Å². The number of hydrogen-bond donors (Lipinski definition) is 1. The Morgan fingerprint density at radius 1 is 1.35 bits per heavy atom. The van der Waals surface area contributed by atoms with Crippen LogP contribution in [0, 0.1) is 10.1 Å². The second-order valence-electron chi connectivity index (χ2n) is 5.68. The fourth-order valence-corrected chi connectivity index (χ4v) is 3.88. The number of thiophene rings is 1. The third kappa shape index (κ3) is 3.44. The van der Waals surface area contributed by atoms with Gasteiger partial charge >= 0.3 is 0 Å². The van der Waals surface area contributed by atoms with Gasteiger partial charge in [-0.15, -0.1) is 11.3 Å². The Balaban J connectivity index is 1.99. The number of hydrogen-bond acceptors (Lipinski definition) is 8. The summed E-state index contributed by atoms with van der Waals surface area (Å²) in [6.45, 7) is 0.111. The van der Waals surface area contributed by atoms with Crippen molar-refractivity contribution < 1.29 is 13.3 Å². The predicted octanol–water partition coefficient (Wildman–Crippen LogP) is 1.93. The van der Waals surface area contributed by atoms with E-state index in [-0.39, 0.29) is 28.4 Å². The number of benzene rings is 1. The van der Waals surface area contributed by atoms with Crippen LogP contribution in [0.3, 0.4) is 0 Å². The molecule has 0 aliphatic carbocycles. The van der Waals surface area contributed by atoms with Gasteiger partial charge in [0.25, 0.3) is 11.2 Å². The zero-order chi connectivity index (χ0) is 19.1. The van der Waals surface area contributed by atoms with Crippen LogP contribution in [-0.4, -0.2) is 36.6 Å². The van der Waals surface area contributed by atoms with Gasteiger partial charge in [-0.05, 0) is 23.6 Å². The minimum absolute atomic E-state index is 0.111. The summed E-state index contributed by atoms with van der Waals surface area (Å²) in [7, 11) is -1.97. The molecule has 0 bridgehead atoms. The lowest BCUT2D eigenvalue weighted by molar-refractivity contribution is -0.384. The smallest absolute Gasteiger partial charge is 0.293 e. The average molecular weight is 394 g/mol. The molecule has 2 aromatic heterocycles. The first-order valence-electron chi connectivity index (χ1n) is 7.33. The second kappa shape index (κ2) is 6.50. The highest BCUT2D eigenvalue weighted by Crippen LogP contribution is 2.30. The van der Waals surface area contributed by atoms with E-state index in [2.05, 4.69) is 9.97 Å². The summed E-state index contributed by atoms with van der Waals surface area (Å²) < 4.78 is 23.8. The van der Waals surface area contributed by atoms with E-state index in [9.17, 15) is 23.3 Å².